The Kier molecular flexibility index (Phi) is 2.89. The molecule has 2 aromatic rings. The van der Waals surface area contributed by atoms with Crippen molar-refractivity contribution in [2.75, 3.05) is 6.54 Å². The van der Waals surface area contributed by atoms with Gasteiger partial charge in [0, 0.05) is 11.4 Å². The summed E-state index contributed by atoms with van der Waals surface area (Å²) in [6.07, 6.45) is 6.59. The summed E-state index contributed by atoms with van der Waals surface area (Å²) in [5.41, 5.74) is 4.00. The molecule has 0 amide bonds. The zero-order chi connectivity index (χ0) is 11.7. The zero-order valence-electron chi connectivity index (χ0n) is 10.3. The minimum Gasteiger partial charge on any atom is -0.464 e. The van der Waals surface area contributed by atoms with E-state index in [0.717, 1.165) is 18.5 Å². The van der Waals surface area contributed by atoms with Crippen molar-refractivity contribution in [2.45, 2.75) is 38.6 Å². The van der Waals surface area contributed by atoms with Gasteiger partial charge in [-0.3, -0.25) is 0 Å². The van der Waals surface area contributed by atoms with Crippen molar-refractivity contribution in [3.63, 3.8) is 0 Å². The quantitative estimate of drug-likeness (QED) is 0.873. The number of benzene rings is 1. The fourth-order valence-electron chi connectivity index (χ4n) is 2.74. The summed E-state index contributed by atoms with van der Waals surface area (Å²) < 4.78 is 5.48. The van der Waals surface area contributed by atoms with Gasteiger partial charge in [-0.15, -0.1) is 0 Å². The molecule has 1 aromatic carbocycles. The van der Waals surface area contributed by atoms with E-state index in [9.17, 15) is 0 Å². The van der Waals surface area contributed by atoms with Crippen molar-refractivity contribution >= 4 is 11.0 Å². The SMILES string of the molecule is CCCNC1CCc2cc3ccoc3cc2C1. The molecule has 2 nitrogen and oxygen atoms in total. The van der Waals surface area contributed by atoms with Gasteiger partial charge < -0.3 is 9.73 Å². The Balaban J connectivity index is 1.85. The Labute approximate surface area is 102 Å². The lowest BCUT2D eigenvalue weighted by molar-refractivity contribution is 0.459. The number of hydrogen-bond donors (Lipinski definition) is 1. The molecule has 0 saturated carbocycles. The normalized spacial score (nSPS) is 19.5. The van der Waals surface area contributed by atoms with E-state index in [1.807, 2.05) is 0 Å². The summed E-state index contributed by atoms with van der Waals surface area (Å²) in [6.45, 7) is 3.35. The molecule has 1 aromatic heterocycles. The van der Waals surface area contributed by atoms with Crippen molar-refractivity contribution in [1.82, 2.24) is 5.32 Å². The first-order chi connectivity index (χ1) is 8.36. The fraction of sp³-hybridized carbons (Fsp3) is 0.467. The number of furan rings is 1. The number of aryl methyl sites for hydroxylation is 1. The highest BCUT2D eigenvalue weighted by atomic mass is 16.3. The summed E-state index contributed by atoms with van der Waals surface area (Å²) >= 11 is 0. The van der Waals surface area contributed by atoms with Gasteiger partial charge in [-0.25, -0.2) is 0 Å². The zero-order valence-corrected chi connectivity index (χ0v) is 10.3. The maximum atomic E-state index is 5.48. The lowest BCUT2D eigenvalue weighted by Crippen LogP contribution is -2.34. The number of fused-ring (bicyclic) bond motifs is 2. The summed E-state index contributed by atoms with van der Waals surface area (Å²) in [5, 5.41) is 4.86. The van der Waals surface area contributed by atoms with E-state index >= 15 is 0 Å². The van der Waals surface area contributed by atoms with Crippen molar-refractivity contribution in [2.24, 2.45) is 0 Å². The van der Waals surface area contributed by atoms with Crippen LogP contribution in [-0.4, -0.2) is 12.6 Å². The topological polar surface area (TPSA) is 25.2 Å². The van der Waals surface area contributed by atoms with Crippen molar-refractivity contribution in [3.8, 4) is 0 Å². The van der Waals surface area contributed by atoms with Gasteiger partial charge in [0.05, 0.1) is 6.26 Å². The van der Waals surface area contributed by atoms with E-state index in [-0.39, 0.29) is 0 Å². The van der Waals surface area contributed by atoms with Crippen molar-refractivity contribution in [3.05, 3.63) is 35.6 Å². The van der Waals surface area contributed by atoms with Gasteiger partial charge in [0.1, 0.15) is 5.58 Å². The van der Waals surface area contributed by atoms with E-state index in [2.05, 4.69) is 30.4 Å². The van der Waals surface area contributed by atoms with Crippen molar-refractivity contribution < 1.29 is 4.42 Å². The predicted molar refractivity (Wildman–Crippen MR) is 70.3 cm³/mol. The lowest BCUT2D eigenvalue weighted by atomic mass is 9.87. The van der Waals surface area contributed by atoms with Crippen LogP contribution in [0.25, 0.3) is 11.0 Å². The summed E-state index contributed by atoms with van der Waals surface area (Å²) in [7, 11) is 0. The van der Waals surface area contributed by atoms with E-state index < -0.39 is 0 Å². The molecule has 0 spiro atoms. The predicted octanol–water partition coefficient (Wildman–Crippen LogP) is 3.29. The number of nitrogens with one attached hydrogen (secondary N) is 1. The Morgan fingerprint density at radius 3 is 3.18 bits per heavy atom. The monoisotopic (exact) mass is 229 g/mol. The average molecular weight is 229 g/mol. The second-order valence-corrected chi connectivity index (χ2v) is 4.97. The van der Waals surface area contributed by atoms with E-state index in [4.69, 9.17) is 4.42 Å². The second-order valence-electron chi connectivity index (χ2n) is 4.97. The van der Waals surface area contributed by atoms with E-state index in [1.165, 1.54) is 35.8 Å². The highest BCUT2D eigenvalue weighted by Crippen LogP contribution is 2.27. The first-order valence-electron chi connectivity index (χ1n) is 6.59. The average Bonchev–Trinajstić information content (AvgIpc) is 2.80. The Bertz CT molecular complexity index is 515. The Morgan fingerprint density at radius 1 is 1.35 bits per heavy atom. The molecule has 1 unspecified atom stereocenters. The molecule has 90 valence electrons. The third-order valence-corrected chi connectivity index (χ3v) is 3.69. The van der Waals surface area contributed by atoms with Crippen LogP contribution in [0.15, 0.2) is 28.9 Å². The molecule has 0 radical (unpaired) electrons. The van der Waals surface area contributed by atoms with Gasteiger partial charge >= 0.3 is 0 Å². The standard InChI is InChI=1S/C15H19NO/c1-2-6-16-14-4-3-11-8-12-5-7-17-15(12)10-13(11)9-14/h5,7-8,10,14,16H,2-4,6,9H2,1H3. The molecule has 0 bridgehead atoms. The van der Waals surface area contributed by atoms with E-state index in [0.29, 0.717) is 6.04 Å². The summed E-state index contributed by atoms with van der Waals surface area (Å²) in [4.78, 5) is 0. The van der Waals surface area contributed by atoms with Gasteiger partial charge in [-0.2, -0.15) is 0 Å². The fourth-order valence-corrected chi connectivity index (χ4v) is 2.74. The summed E-state index contributed by atoms with van der Waals surface area (Å²) in [6, 6.07) is 7.22. The first kappa shape index (κ1) is 10.8. The van der Waals surface area contributed by atoms with Gasteiger partial charge in [0.15, 0.2) is 0 Å². The molecule has 0 fully saturated rings. The molecule has 0 saturated heterocycles. The van der Waals surface area contributed by atoms with Gasteiger partial charge in [-0.05, 0) is 61.6 Å². The van der Waals surface area contributed by atoms with Crippen LogP contribution in [0.5, 0.6) is 0 Å². The van der Waals surface area contributed by atoms with Gasteiger partial charge in [0.2, 0.25) is 0 Å². The van der Waals surface area contributed by atoms with Crippen LogP contribution in [0.1, 0.15) is 30.9 Å². The van der Waals surface area contributed by atoms with Crippen LogP contribution in [0.3, 0.4) is 0 Å². The third kappa shape index (κ3) is 2.09. The van der Waals surface area contributed by atoms with Crippen molar-refractivity contribution in [1.29, 1.82) is 0 Å². The number of hydrogen-bond acceptors (Lipinski definition) is 2. The van der Waals surface area contributed by atoms with Gasteiger partial charge in [-0.1, -0.05) is 6.92 Å². The Hall–Kier alpha value is -1.28. The molecular formula is C15H19NO. The molecule has 1 N–H and O–H groups in total. The largest absolute Gasteiger partial charge is 0.464 e. The maximum absolute atomic E-state index is 5.48. The molecule has 2 heteroatoms. The van der Waals surface area contributed by atoms with Crippen LogP contribution >= 0.6 is 0 Å². The lowest BCUT2D eigenvalue weighted by Gasteiger charge is -2.25. The second kappa shape index (κ2) is 4.53. The third-order valence-electron chi connectivity index (χ3n) is 3.69. The Morgan fingerprint density at radius 2 is 2.29 bits per heavy atom. The molecule has 3 rings (SSSR count). The molecule has 1 heterocycles. The van der Waals surface area contributed by atoms with E-state index in [1.54, 1.807) is 6.26 Å². The van der Waals surface area contributed by atoms with Crippen LogP contribution in [0.2, 0.25) is 0 Å². The molecule has 1 atom stereocenters. The smallest absolute Gasteiger partial charge is 0.134 e. The van der Waals surface area contributed by atoms with Gasteiger partial charge in [0.25, 0.3) is 0 Å². The van der Waals surface area contributed by atoms with Crippen LogP contribution in [0, 0.1) is 0 Å². The molecule has 1 aliphatic rings. The summed E-state index contributed by atoms with van der Waals surface area (Å²) in [5.74, 6) is 0. The van der Waals surface area contributed by atoms with Crippen LogP contribution in [-0.2, 0) is 12.8 Å². The molecule has 17 heavy (non-hydrogen) atoms. The highest BCUT2D eigenvalue weighted by Gasteiger charge is 2.18. The van der Waals surface area contributed by atoms with Crippen LogP contribution in [0.4, 0.5) is 0 Å². The minimum atomic E-state index is 0.648. The maximum Gasteiger partial charge on any atom is 0.134 e. The molecule has 1 aliphatic carbocycles. The number of rotatable bonds is 3. The highest BCUT2D eigenvalue weighted by molar-refractivity contribution is 5.79. The molecule has 0 aliphatic heterocycles. The van der Waals surface area contributed by atoms with Crippen LogP contribution < -0.4 is 5.32 Å². The minimum absolute atomic E-state index is 0.648. The first-order valence-corrected chi connectivity index (χ1v) is 6.59. The molecular weight excluding hydrogens is 210 g/mol.